The number of hydrogen-bond acceptors (Lipinski definition) is 2. The van der Waals surface area contributed by atoms with Crippen molar-refractivity contribution in [3.05, 3.63) is 0 Å². The van der Waals surface area contributed by atoms with Crippen molar-refractivity contribution in [2.24, 2.45) is 0 Å². The average molecular weight is 234 g/mol. The van der Waals surface area contributed by atoms with Gasteiger partial charge in [0.25, 0.3) is 0 Å². The fraction of sp³-hybridized carbons (Fsp3) is 0.692. The number of fused-ring (bicyclic) bond motifs is 1. The molecule has 17 heavy (non-hydrogen) atoms. The maximum atomic E-state index is 12.2. The predicted octanol–water partition coefficient (Wildman–Crippen LogP) is 0.621. The third-order valence-corrected chi connectivity index (χ3v) is 3.65. The van der Waals surface area contributed by atoms with E-state index in [1.165, 1.54) is 0 Å². The molecule has 0 N–H and O–H groups in total. The molecule has 0 spiro atoms. The van der Waals surface area contributed by atoms with Crippen LogP contribution in [-0.4, -0.2) is 46.8 Å². The second kappa shape index (κ2) is 4.79. The van der Waals surface area contributed by atoms with Gasteiger partial charge in [-0.1, -0.05) is 0 Å². The zero-order chi connectivity index (χ0) is 12.4. The van der Waals surface area contributed by atoms with Crippen LogP contribution in [0.1, 0.15) is 32.6 Å². The number of unbranched alkanes of at least 4 members (excludes halogenated alkanes) is 1. The van der Waals surface area contributed by atoms with Gasteiger partial charge >= 0.3 is 0 Å². The summed E-state index contributed by atoms with van der Waals surface area (Å²) in [6.45, 7) is 3.14. The van der Waals surface area contributed by atoms with E-state index < -0.39 is 0 Å². The van der Waals surface area contributed by atoms with Crippen LogP contribution < -0.4 is 0 Å². The van der Waals surface area contributed by atoms with Crippen LogP contribution >= 0.6 is 0 Å². The highest BCUT2D eigenvalue weighted by atomic mass is 16.2. The normalized spacial score (nSPS) is 28.2. The predicted molar refractivity (Wildman–Crippen MR) is 64.0 cm³/mol. The molecule has 2 aliphatic heterocycles. The highest BCUT2D eigenvalue weighted by Gasteiger charge is 2.45. The molecule has 2 aliphatic rings. The molecule has 0 saturated carbocycles. The molecule has 2 atom stereocenters. The second-order valence-electron chi connectivity index (χ2n) is 4.70. The third-order valence-electron chi connectivity index (χ3n) is 3.65. The van der Waals surface area contributed by atoms with Crippen molar-refractivity contribution in [2.75, 3.05) is 13.1 Å². The molecule has 0 radical (unpaired) electrons. The molecule has 4 heteroatoms. The summed E-state index contributed by atoms with van der Waals surface area (Å²) >= 11 is 0. The van der Waals surface area contributed by atoms with Crippen LogP contribution in [0.3, 0.4) is 0 Å². The van der Waals surface area contributed by atoms with E-state index in [-0.39, 0.29) is 23.9 Å². The molecule has 2 rings (SSSR count). The molecule has 2 amide bonds. The molecule has 2 unspecified atom stereocenters. The van der Waals surface area contributed by atoms with Gasteiger partial charge in [0, 0.05) is 19.5 Å². The van der Waals surface area contributed by atoms with E-state index in [9.17, 15) is 9.59 Å². The van der Waals surface area contributed by atoms with E-state index in [4.69, 9.17) is 6.42 Å². The number of carbonyl (C=O) groups excluding carboxylic acids is 2. The van der Waals surface area contributed by atoms with E-state index in [0.29, 0.717) is 13.0 Å². The van der Waals surface area contributed by atoms with Crippen LogP contribution in [-0.2, 0) is 9.59 Å². The van der Waals surface area contributed by atoms with Gasteiger partial charge in [-0.2, -0.15) is 0 Å². The molecule has 0 bridgehead atoms. The van der Waals surface area contributed by atoms with Crippen LogP contribution in [0.2, 0.25) is 0 Å². The summed E-state index contributed by atoms with van der Waals surface area (Å²) in [7, 11) is 0. The summed E-state index contributed by atoms with van der Waals surface area (Å²) in [5.74, 6) is 2.76. The first-order valence-electron chi connectivity index (χ1n) is 6.21. The van der Waals surface area contributed by atoms with Crippen molar-refractivity contribution in [2.45, 2.75) is 44.7 Å². The van der Waals surface area contributed by atoms with Crippen molar-refractivity contribution in [1.82, 2.24) is 9.80 Å². The monoisotopic (exact) mass is 234 g/mol. The Hall–Kier alpha value is -1.50. The van der Waals surface area contributed by atoms with Gasteiger partial charge < -0.3 is 9.80 Å². The first kappa shape index (κ1) is 12.0. The van der Waals surface area contributed by atoms with E-state index in [2.05, 4.69) is 5.92 Å². The van der Waals surface area contributed by atoms with E-state index in [1.807, 2.05) is 6.92 Å². The quantitative estimate of drug-likeness (QED) is 0.530. The molecule has 2 fully saturated rings. The lowest BCUT2D eigenvalue weighted by Crippen LogP contribution is -2.61. The first-order chi connectivity index (χ1) is 8.16. The third kappa shape index (κ3) is 2.02. The number of terminal acetylenes is 1. The van der Waals surface area contributed by atoms with E-state index >= 15 is 0 Å². The Labute approximate surface area is 102 Å². The number of nitrogens with zero attached hydrogens (tertiary/aromatic N) is 2. The minimum absolute atomic E-state index is 0.0906. The van der Waals surface area contributed by atoms with Gasteiger partial charge in [0.15, 0.2) is 0 Å². The van der Waals surface area contributed by atoms with E-state index in [0.717, 1.165) is 25.8 Å². The number of carbonyl (C=O) groups is 2. The lowest BCUT2D eigenvalue weighted by atomic mass is 10.1. The molecule has 92 valence electrons. The lowest BCUT2D eigenvalue weighted by Gasteiger charge is -2.40. The summed E-state index contributed by atoms with van der Waals surface area (Å²) in [6.07, 6.45) is 8.37. The van der Waals surface area contributed by atoms with Gasteiger partial charge in [-0.15, -0.1) is 12.3 Å². The fourth-order valence-corrected chi connectivity index (χ4v) is 2.70. The summed E-state index contributed by atoms with van der Waals surface area (Å²) in [5.41, 5.74) is 0. The molecule has 0 aromatic rings. The standard InChI is InChI=1S/C13H18N2O2/c1-3-4-5-8-14-10(2)12(16)15-9-6-7-11(15)13(14)17/h1,10-11H,4-9H2,2H3. The molecule has 0 aromatic carbocycles. The lowest BCUT2D eigenvalue weighted by molar-refractivity contribution is -0.158. The van der Waals surface area contributed by atoms with Gasteiger partial charge in [0.1, 0.15) is 12.1 Å². The number of rotatable bonds is 3. The topological polar surface area (TPSA) is 40.6 Å². The zero-order valence-corrected chi connectivity index (χ0v) is 10.2. The molecule has 0 aromatic heterocycles. The Morgan fingerprint density at radius 2 is 2.18 bits per heavy atom. The van der Waals surface area contributed by atoms with Crippen molar-refractivity contribution in [1.29, 1.82) is 0 Å². The molecular weight excluding hydrogens is 216 g/mol. The first-order valence-corrected chi connectivity index (χ1v) is 6.21. The highest BCUT2D eigenvalue weighted by Crippen LogP contribution is 2.26. The number of piperazine rings is 1. The van der Waals surface area contributed by atoms with Gasteiger partial charge in [0.2, 0.25) is 11.8 Å². The van der Waals surface area contributed by atoms with Gasteiger partial charge in [-0.3, -0.25) is 9.59 Å². The van der Waals surface area contributed by atoms with Crippen molar-refractivity contribution in [3.8, 4) is 12.3 Å². The van der Waals surface area contributed by atoms with Gasteiger partial charge in [-0.05, 0) is 26.2 Å². The Bertz CT molecular complexity index is 372. The van der Waals surface area contributed by atoms with E-state index in [1.54, 1.807) is 9.80 Å². The van der Waals surface area contributed by atoms with Crippen molar-refractivity contribution in [3.63, 3.8) is 0 Å². The SMILES string of the molecule is C#CCCCN1C(=O)C2CCCN2C(=O)C1C. The van der Waals surface area contributed by atoms with Crippen LogP contribution in [0.5, 0.6) is 0 Å². The summed E-state index contributed by atoms with van der Waals surface area (Å²) in [4.78, 5) is 27.8. The largest absolute Gasteiger partial charge is 0.329 e. The van der Waals surface area contributed by atoms with Crippen LogP contribution in [0, 0.1) is 12.3 Å². The smallest absolute Gasteiger partial charge is 0.246 e. The number of amides is 2. The minimum atomic E-state index is -0.324. The van der Waals surface area contributed by atoms with Crippen molar-refractivity contribution < 1.29 is 9.59 Å². The van der Waals surface area contributed by atoms with Crippen LogP contribution in [0.4, 0.5) is 0 Å². The zero-order valence-electron chi connectivity index (χ0n) is 10.2. The van der Waals surface area contributed by atoms with Gasteiger partial charge in [0.05, 0.1) is 0 Å². The second-order valence-corrected chi connectivity index (χ2v) is 4.70. The molecular formula is C13H18N2O2. The Morgan fingerprint density at radius 3 is 2.88 bits per heavy atom. The summed E-state index contributed by atoms with van der Waals surface area (Å²) in [6, 6.07) is -0.529. The average Bonchev–Trinajstić information content (AvgIpc) is 2.80. The summed E-state index contributed by atoms with van der Waals surface area (Å²) in [5, 5.41) is 0. The van der Waals surface area contributed by atoms with Gasteiger partial charge in [-0.25, -0.2) is 0 Å². The van der Waals surface area contributed by atoms with Crippen molar-refractivity contribution >= 4 is 11.8 Å². The minimum Gasteiger partial charge on any atom is -0.329 e. The van der Waals surface area contributed by atoms with Crippen LogP contribution in [0.25, 0.3) is 0 Å². The highest BCUT2D eigenvalue weighted by molar-refractivity contribution is 5.97. The Kier molecular flexibility index (Phi) is 3.37. The molecule has 4 nitrogen and oxygen atoms in total. The molecule has 0 aliphatic carbocycles. The maximum Gasteiger partial charge on any atom is 0.246 e. The maximum absolute atomic E-state index is 12.2. The molecule has 2 heterocycles. The van der Waals surface area contributed by atoms with Crippen LogP contribution in [0.15, 0.2) is 0 Å². The Balaban J connectivity index is 2.08. The fourth-order valence-electron chi connectivity index (χ4n) is 2.70. The Morgan fingerprint density at radius 1 is 1.41 bits per heavy atom. The molecule has 2 saturated heterocycles. The number of hydrogen-bond donors (Lipinski definition) is 0. The summed E-state index contributed by atoms with van der Waals surface area (Å²) < 4.78 is 0.